The first kappa shape index (κ1) is 19.5. The summed E-state index contributed by atoms with van der Waals surface area (Å²) in [4.78, 5) is 32.9. The molecule has 1 unspecified atom stereocenters. The Bertz CT molecular complexity index is 1150. The molecule has 0 radical (unpaired) electrons. The number of rotatable bonds is 4. The molecule has 6 heteroatoms. The minimum Gasteiger partial charge on any atom is -0.310 e. The van der Waals surface area contributed by atoms with Crippen molar-refractivity contribution in [2.75, 3.05) is 5.32 Å². The number of fused-ring (bicyclic) bond motifs is 1. The molecular weight excluding hydrogens is 382 g/mol. The molecule has 4 rings (SSSR count). The fourth-order valence-electron chi connectivity index (χ4n) is 3.74. The second-order valence-corrected chi connectivity index (χ2v) is 8.48. The first-order valence-electron chi connectivity index (χ1n) is 9.61. The normalized spacial score (nSPS) is 15.7. The summed E-state index contributed by atoms with van der Waals surface area (Å²) in [7, 11) is 0. The number of anilines is 1. The van der Waals surface area contributed by atoms with Gasteiger partial charge in [-0.25, -0.2) is 4.98 Å². The van der Waals surface area contributed by atoms with Crippen LogP contribution in [0, 0.1) is 20.8 Å². The quantitative estimate of drug-likeness (QED) is 0.496. The highest BCUT2D eigenvalue weighted by Crippen LogP contribution is 2.36. The topological polar surface area (TPSA) is 74.8 Å². The van der Waals surface area contributed by atoms with E-state index in [0.717, 1.165) is 16.7 Å². The summed E-state index contributed by atoms with van der Waals surface area (Å²) in [6.07, 6.45) is 0.248. The molecule has 1 aromatic heterocycles. The number of carbonyl (C=O) groups excluding carboxylic acids is 1. The fraction of sp³-hybridized carbons (Fsp3) is 0.261. The van der Waals surface area contributed by atoms with Crippen molar-refractivity contribution in [2.45, 2.75) is 44.0 Å². The Hall–Kier alpha value is -2.86. The molecule has 0 aliphatic carbocycles. The van der Waals surface area contributed by atoms with Crippen molar-refractivity contribution < 1.29 is 4.79 Å². The standard InChI is InChI=1S/C23H23N3O2S/c1-13-8-9-15(3)17(10-13)18-11-19(27)24-21-20(18)22(28)26-23(25-21)29-12-16-7-5-4-6-14(16)2/h4-10,18H,11-12H2,1-3H3,(H2,24,25,26,27,28). The molecular formula is C23H23N3O2S. The van der Waals surface area contributed by atoms with Crippen LogP contribution in [0.3, 0.4) is 0 Å². The van der Waals surface area contributed by atoms with E-state index in [1.54, 1.807) is 0 Å². The number of nitrogens with zero attached hydrogens (tertiary/aromatic N) is 1. The van der Waals surface area contributed by atoms with Crippen molar-refractivity contribution in [3.05, 3.63) is 86.2 Å². The van der Waals surface area contributed by atoms with Gasteiger partial charge in [0.2, 0.25) is 5.91 Å². The predicted octanol–water partition coefficient (Wildman–Crippen LogP) is 4.46. The van der Waals surface area contributed by atoms with E-state index in [1.165, 1.54) is 22.9 Å². The lowest BCUT2D eigenvalue weighted by atomic mass is 9.84. The SMILES string of the molecule is Cc1ccc(C)c(C2CC(=O)Nc3nc(SCc4ccccc4C)[nH]c(=O)c32)c1. The Balaban J connectivity index is 1.70. The smallest absolute Gasteiger partial charge is 0.257 e. The lowest BCUT2D eigenvalue weighted by molar-refractivity contribution is -0.116. The van der Waals surface area contributed by atoms with E-state index < -0.39 is 0 Å². The number of thioether (sulfide) groups is 1. The van der Waals surface area contributed by atoms with Gasteiger partial charge in [0, 0.05) is 18.1 Å². The van der Waals surface area contributed by atoms with E-state index in [4.69, 9.17) is 0 Å². The van der Waals surface area contributed by atoms with Crippen LogP contribution in [0.4, 0.5) is 5.82 Å². The number of carbonyl (C=O) groups is 1. The van der Waals surface area contributed by atoms with Crippen LogP contribution in [0.5, 0.6) is 0 Å². The number of aromatic nitrogens is 2. The molecule has 0 fully saturated rings. The van der Waals surface area contributed by atoms with E-state index in [0.29, 0.717) is 22.3 Å². The number of nitrogens with one attached hydrogen (secondary N) is 2. The van der Waals surface area contributed by atoms with E-state index in [2.05, 4.69) is 40.4 Å². The van der Waals surface area contributed by atoms with Crippen LogP contribution in [0.25, 0.3) is 0 Å². The Kier molecular flexibility index (Phi) is 5.28. The monoisotopic (exact) mass is 405 g/mol. The number of benzene rings is 2. The first-order chi connectivity index (χ1) is 13.9. The van der Waals surface area contributed by atoms with Gasteiger partial charge in [0.15, 0.2) is 5.16 Å². The lowest BCUT2D eigenvalue weighted by Crippen LogP contribution is -2.31. The van der Waals surface area contributed by atoms with Gasteiger partial charge in [-0.3, -0.25) is 9.59 Å². The molecule has 1 aliphatic heterocycles. The number of aromatic amines is 1. The molecule has 1 aliphatic rings. The van der Waals surface area contributed by atoms with Gasteiger partial charge in [0.25, 0.3) is 5.56 Å². The van der Waals surface area contributed by atoms with Gasteiger partial charge in [-0.05, 0) is 43.0 Å². The van der Waals surface area contributed by atoms with Crippen LogP contribution in [-0.4, -0.2) is 15.9 Å². The molecule has 0 bridgehead atoms. The van der Waals surface area contributed by atoms with Crippen LogP contribution in [0.1, 0.15) is 45.7 Å². The highest BCUT2D eigenvalue weighted by molar-refractivity contribution is 7.98. The number of aryl methyl sites for hydroxylation is 3. The van der Waals surface area contributed by atoms with Crippen molar-refractivity contribution in [2.24, 2.45) is 0 Å². The third-order valence-corrected chi connectivity index (χ3v) is 6.29. The molecule has 1 amide bonds. The molecule has 3 aromatic rings. The Morgan fingerprint density at radius 2 is 1.86 bits per heavy atom. The van der Waals surface area contributed by atoms with Gasteiger partial charge < -0.3 is 10.3 Å². The maximum atomic E-state index is 13.0. The summed E-state index contributed by atoms with van der Waals surface area (Å²) in [6, 6.07) is 14.3. The number of amides is 1. The van der Waals surface area contributed by atoms with Gasteiger partial charge in [0.05, 0.1) is 5.56 Å². The molecule has 2 heterocycles. The summed E-state index contributed by atoms with van der Waals surface area (Å²) >= 11 is 1.46. The summed E-state index contributed by atoms with van der Waals surface area (Å²) in [5.41, 5.74) is 5.92. The maximum Gasteiger partial charge on any atom is 0.257 e. The fourth-order valence-corrected chi connectivity index (χ4v) is 4.67. The summed E-state index contributed by atoms with van der Waals surface area (Å²) < 4.78 is 0. The van der Waals surface area contributed by atoms with E-state index in [-0.39, 0.29) is 23.8 Å². The van der Waals surface area contributed by atoms with Crippen molar-refractivity contribution in [3.63, 3.8) is 0 Å². The molecule has 29 heavy (non-hydrogen) atoms. The summed E-state index contributed by atoms with van der Waals surface area (Å²) in [5.74, 6) is 0.674. The zero-order chi connectivity index (χ0) is 20.5. The Labute approximate surface area is 174 Å². The second-order valence-electron chi connectivity index (χ2n) is 7.51. The number of hydrogen-bond donors (Lipinski definition) is 2. The van der Waals surface area contributed by atoms with Crippen LogP contribution in [-0.2, 0) is 10.5 Å². The minimum absolute atomic E-state index is 0.114. The largest absolute Gasteiger partial charge is 0.310 e. The molecule has 2 aromatic carbocycles. The second kappa shape index (κ2) is 7.87. The molecule has 0 spiro atoms. The Morgan fingerprint density at radius 1 is 1.07 bits per heavy atom. The maximum absolute atomic E-state index is 13.0. The highest BCUT2D eigenvalue weighted by Gasteiger charge is 2.31. The lowest BCUT2D eigenvalue weighted by Gasteiger charge is -2.26. The molecule has 2 N–H and O–H groups in total. The zero-order valence-corrected chi connectivity index (χ0v) is 17.5. The molecule has 0 saturated carbocycles. The van der Waals surface area contributed by atoms with E-state index >= 15 is 0 Å². The Morgan fingerprint density at radius 3 is 2.66 bits per heavy atom. The van der Waals surface area contributed by atoms with Gasteiger partial charge in [-0.2, -0.15) is 0 Å². The van der Waals surface area contributed by atoms with Gasteiger partial charge in [0.1, 0.15) is 5.82 Å². The van der Waals surface area contributed by atoms with E-state index in [1.807, 2.05) is 38.1 Å². The molecule has 148 valence electrons. The van der Waals surface area contributed by atoms with Crippen LogP contribution in [0.2, 0.25) is 0 Å². The first-order valence-corrected chi connectivity index (χ1v) is 10.6. The molecule has 0 saturated heterocycles. The molecule has 1 atom stereocenters. The third-order valence-electron chi connectivity index (χ3n) is 5.37. The highest BCUT2D eigenvalue weighted by atomic mass is 32.2. The van der Waals surface area contributed by atoms with E-state index in [9.17, 15) is 9.59 Å². The third kappa shape index (κ3) is 3.98. The average molecular weight is 406 g/mol. The average Bonchev–Trinajstić information content (AvgIpc) is 2.68. The van der Waals surface area contributed by atoms with Crippen molar-refractivity contribution in [3.8, 4) is 0 Å². The van der Waals surface area contributed by atoms with Gasteiger partial charge >= 0.3 is 0 Å². The predicted molar refractivity (Wildman–Crippen MR) is 117 cm³/mol. The van der Waals surface area contributed by atoms with Crippen molar-refractivity contribution in [1.29, 1.82) is 0 Å². The number of H-pyrrole nitrogens is 1. The van der Waals surface area contributed by atoms with Crippen LogP contribution >= 0.6 is 11.8 Å². The molecule has 5 nitrogen and oxygen atoms in total. The van der Waals surface area contributed by atoms with Gasteiger partial charge in [-0.15, -0.1) is 0 Å². The van der Waals surface area contributed by atoms with Gasteiger partial charge in [-0.1, -0.05) is 59.8 Å². The van der Waals surface area contributed by atoms with Crippen LogP contribution in [0.15, 0.2) is 52.4 Å². The zero-order valence-electron chi connectivity index (χ0n) is 16.7. The van der Waals surface area contributed by atoms with Crippen LogP contribution < -0.4 is 10.9 Å². The summed E-state index contributed by atoms with van der Waals surface area (Å²) in [6.45, 7) is 6.09. The van der Waals surface area contributed by atoms with Crippen molar-refractivity contribution >= 4 is 23.5 Å². The van der Waals surface area contributed by atoms with Crippen molar-refractivity contribution in [1.82, 2.24) is 9.97 Å². The minimum atomic E-state index is -0.287. The number of hydrogen-bond acceptors (Lipinski definition) is 4. The summed E-state index contributed by atoms with van der Waals surface area (Å²) in [5, 5.41) is 3.31.